The van der Waals surface area contributed by atoms with Crippen LogP contribution < -0.4 is 15.5 Å². The number of methoxy groups -OCH3 is 1. The summed E-state index contributed by atoms with van der Waals surface area (Å²) in [6, 6.07) is 15.7. The van der Waals surface area contributed by atoms with Crippen molar-refractivity contribution in [3.8, 4) is 5.75 Å². The van der Waals surface area contributed by atoms with Gasteiger partial charge in [-0.25, -0.2) is 0 Å². The summed E-state index contributed by atoms with van der Waals surface area (Å²) in [6.45, 7) is 3.95. The van der Waals surface area contributed by atoms with Gasteiger partial charge < -0.3 is 10.1 Å². The normalized spacial score (nSPS) is 11.0. The number of hydrazone groups is 1. The molecule has 5 heteroatoms. The number of para-hydroxylation sites is 1. The Balaban J connectivity index is 1.97. The monoisotopic (exact) mass is 313 g/mol. The summed E-state index contributed by atoms with van der Waals surface area (Å²) in [4.78, 5) is 0. The van der Waals surface area contributed by atoms with Crippen LogP contribution in [0.3, 0.4) is 0 Å². The van der Waals surface area contributed by atoms with Gasteiger partial charge in [-0.2, -0.15) is 5.10 Å². The molecule has 22 heavy (non-hydrogen) atoms. The van der Waals surface area contributed by atoms with Gasteiger partial charge >= 0.3 is 0 Å². The van der Waals surface area contributed by atoms with Crippen molar-refractivity contribution in [2.24, 2.45) is 5.10 Å². The van der Waals surface area contributed by atoms with Crippen LogP contribution in [0.2, 0.25) is 0 Å². The first-order valence-corrected chi connectivity index (χ1v) is 7.32. The van der Waals surface area contributed by atoms with Crippen molar-refractivity contribution in [3.05, 3.63) is 59.7 Å². The van der Waals surface area contributed by atoms with E-state index in [-0.39, 0.29) is 0 Å². The van der Waals surface area contributed by atoms with E-state index in [1.54, 1.807) is 7.11 Å². The summed E-state index contributed by atoms with van der Waals surface area (Å²) in [6.07, 6.45) is 0. The fourth-order valence-corrected chi connectivity index (χ4v) is 2.05. The number of nitrogens with one attached hydrogen (secondary N) is 2. The second-order valence-electron chi connectivity index (χ2n) is 4.81. The van der Waals surface area contributed by atoms with Crippen molar-refractivity contribution in [2.75, 3.05) is 12.4 Å². The Bertz CT molecular complexity index is 681. The van der Waals surface area contributed by atoms with E-state index in [0.717, 1.165) is 28.3 Å². The van der Waals surface area contributed by atoms with Gasteiger partial charge in [-0.1, -0.05) is 18.2 Å². The van der Waals surface area contributed by atoms with Crippen molar-refractivity contribution >= 4 is 28.7 Å². The summed E-state index contributed by atoms with van der Waals surface area (Å²) in [5.74, 6) is 0.821. The van der Waals surface area contributed by atoms with Crippen molar-refractivity contribution in [3.63, 3.8) is 0 Å². The Morgan fingerprint density at radius 3 is 2.41 bits per heavy atom. The molecule has 0 radical (unpaired) electrons. The number of anilines is 1. The number of nitrogens with zero attached hydrogens (tertiary/aromatic N) is 1. The standard InChI is InChI=1S/C17H19N3OS/c1-12-6-4-5-7-16(12)18-17(22)20-19-13(2)14-8-10-15(21-3)11-9-14/h4-11H,1-3H3,(H2,18,20,22)/b19-13-. The zero-order valence-electron chi connectivity index (χ0n) is 12.9. The van der Waals surface area contributed by atoms with E-state index in [2.05, 4.69) is 15.8 Å². The van der Waals surface area contributed by atoms with Crippen molar-refractivity contribution < 1.29 is 4.74 Å². The molecule has 0 spiro atoms. The molecule has 2 N–H and O–H groups in total. The number of hydrogen-bond acceptors (Lipinski definition) is 3. The van der Waals surface area contributed by atoms with Gasteiger partial charge in [-0.15, -0.1) is 0 Å². The van der Waals surface area contributed by atoms with Crippen molar-refractivity contribution in [2.45, 2.75) is 13.8 Å². The van der Waals surface area contributed by atoms with E-state index in [9.17, 15) is 0 Å². The van der Waals surface area contributed by atoms with Crippen LogP contribution in [0.4, 0.5) is 5.69 Å². The number of ether oxygens (including phenoxy) is 1. The molecule has 0 heterocycles. The summed E-state index contributed by atoms with van der Waals surface area (Å²) >= 11 is 5.25. The highest BCUT2D eigenvalue weighted by Crippen LogP contribution is 2.13. The fraction of sp³-hybridized carbons (Fsp3) is 0.176. The molecule has 0 fully saturated rings. The third-order valence-electron chi connectivity index (χ3n) is 3.23. The van der Waals surface area contributed by atoms with Crippen LogP contribution in [-0.2, 0) is 0 Å². The minimum absolute atomic E-state index is 0.460. The highest BCUT2D eigenvalue weighted by Gasteiger charge is 2.01. The maximum absolute atomic E-state index is 5.25. The number of benzene rings is 2. The summed E-state index contributed by atoms with van der Waals surface area (Å²) < 4.78 is 5.14. The predicted molar refractivity (Wildman–Crippen MR) is 95.7 cm³/mol. The maximum Gasteiger partial charge on any atom is 0.191 e. The Morgan fingerprint density at radius 2 is 1.77 bits per heavy atom. The molecule has 2 aromatic rings. The van der Waals surface area contributed by atoms with E-state index in [0.29, 0.717) is 5.11 Å². The molecule has 114 valence electrons. The fourth-order valence-electron chi connectivity index (χ4n) is 1.89. The SMILES string of the molecule is COc1ccc(/C(C)=N\NC(=S)Nc2ccccc2C)cc1. The quantitative estimate of drug-likeness (QED) is 0.513. The van der Waals surface area contributed by atoms with Gasteiger partial charge in [0.15, 0.2) is 5.11 Å². The van der Waals surface area contributed by atoms with Crippen molar-refractivity contribution in [1.82, 2.24) is 5.43 Å². The van der Waals surface area contributed by atoms with E-state index in [1.807, 2.05) is 62.4 Å². The van der Waals surface area contributed by atoms with E-state index in [4.69, 9.17) is 17.0 Å². The average molecular weight is 313 g/mol. The van der Waals surface area contributed by atoms with Gasteiger partial charge in [0.1, 0.15) is 5.75 Å². The van der Waals surface area contributed by atoms with Crippen LogP contribution in [0.1, 0.15) is 18.1 Å². The number of hydrogen-bond donors (Lipinski definition) is 2. The molecule has 0 aliphatic rings. The molecule has 0 amide bonds. The molecule has 0 aliphatic heterocycles. The molecule has 0 aliphatic carbocycles. The molecule has 0 unspecified atom stereocenters. The van der Waals surface area contributed by atoms with Crippen LogP contribution in [0.5, 0.6) is 5.75 Å². The zero-order valence-corrected chi connectivity index (χ0v) is 13.7. The molecule has 4 nitrogen and oxygen atoms in total. The predicted octanol–water partition coefficient (Wildman–Crippen LogP) is 3.71. The lowest BCUT2D eigenvalue weighted by molar-refractivity contribution is 0.415. The van der Waals surface area contributed by atoms with E-state index < -0.39 is 0 Å². The minimum Gasteiger partial charge on any atom is -0.497 e. The zero-order chi connectivity index (χ0) is 15.9. The molecule has 0 bridgehead atoms. The maximum atomic E-state index is 5.25. The molecule has 0 saturated carbocycles. The molecule has 2 rings (SSSR count). The van der Waals surface area contributed by atoms with Gasteiger partial charge in [0.2, 0.25) is 0 Å². The second kappa shape index (κ2) is 7.56. The smallest absolute Gasteiger partial charge is 0.191 e. The molecule has 0 atom stereocenters. The summed E-state index contributed by atoms with van der Waals surface area (Å²) in [7, 11) is 1.65. The van der Waals surface area contributed by atoms with Crippen LogP contribution in [-0.4, -0.2) is 17.9 Å². The second-order valence-corrected chi connectivity index (χ2v) is 5.21. The van der Waals surface area contributed by atoms with Crippen LogP contribution in [0.15, 0.2) is 53.6 Å². The Morgan fingerprint density at radius 1 is 1.09 bits per heavy atom. The first-order chi connectivity index (χ1) is 10.6. The van der Waals surface area contributed by atoms with Gasteiger partial charge in [0.05, 0.1) is 12.8 Å². The largest absolute Gasteiger partial charge is 0.497 e. The van der Waals surface area contributed by atoms with Gasteiger partial charge in [0.25, 0.3) is 0 Å². The third kappa shape index (κ3) is 4.30. The van der Waals surface area contributed by atoms with Gasteiger partial charge in [-0.05, 0) is 67.5 Å². The number of aryl methyl sites for hydroxylation is 1. The molecular weight excluding hydrogens is 294 g/mol. The minimum atomic E-state index is 0.460. The van der Waals surface area contributed by atoms with Crippen LogP contribution in [0, 0.1) is 6.92 Å². The highest BCUT2D eigenvalue weighted by atomic mass is 32.1. The average Bonchev–Trinajstić information content (AvgIpc) is 2.55. The van der Waals surface area contributed by atoms with Gasteiger partial charge in [0, 0.05) is 5.69 Å². The molecule has 0 saturated heterocycles. The lowest BCUT2D eigenvalue weighted by Crippen LogP contribution is -2.25. The Labute approximate surface area is 136 Å². The lowest BCUT2D eigenvalue weighted by Gasteiger charge is -2.10. The molecular formula is C17H19N3OS. The van der Waals surface area contributed by atoms with Crippen molar-refractivity contribution in [1.29, 1.82) is 0 Å². The summed E-state index contributed by atoms with van der Waals surface area (Å²) in [5.41, 5.74) is 6.81. The molecule has 0 aromatic heterocycles. The highest BCUT2D eigenvalue weighted by molar-refractivity contribution is 7.80. The first kappa shape index (κ1) is 16.0. The topological polar surface area (TPSA) is 45.6 Å². The Kier molecular flexibility index (Phi) is 5.49. The van der Waals surface area contributed by atoms with E-state index in [1.165, 1.54) is 0 Å². The lowest BCUT2D eigenvalue weighted by atomic mass is 10.1. The van der Waals surface area contributed by atoms with Gasteiger partial charge in [-0.3, -0.25) is 5.43 Å². The molecule has 2 aromatic carbocycles. The number of thiocarbonyl (C=S) groups is 1. The number of rotatable bonds is 4. The van der Waals surface area contributed by atoms with E-state index >= 15 is 0 Å². The Hall–Kier alpha value is -2.40. The van der Waals surface area contributed by atoms with Crippen LogP contribution >= 0.6 is 12.2 Å². The third-order valence-corrected chi connectivity index (χ3v) is 3.42. The van der Waals surface area contributed by atoms with Crippen LogP contribution in [0.25, 0.3) is 0 Å². The summed E-state index contributed by atoms with van der Waals surface area (Å²) in [5, 5.41) is 7.89. The first-order valence-electron chi connectivity index (χ1n) is 6.91.